The zero-order chi connectivity index (χ0) is 29.6. The summed E-state index contributed by atoms with van der Waals surface area (Å²) in [7, 11) is 0. The van der Waals surface area contributed by atoms with Crippen LogP contribution in [0.25, 0.3) is 5.65 Å². The number of imidazole rings is 1. The van der Waals surface area contributed by atoms with Crippen LogP contribution in [0.5, 0.6) is 0 Å². The van der Waals surface area contributed by atoms with Gasteiger partial charge >= 0.3 is 0 Å². The van der Waals surface area contributed by atoms with Gasteiger partial charge in [-0.2, -0.15) is 10.2 Å². The fourth-order valence-electron chi connectivity index (χ4n) is 6.38. The van der Waals surface area contributed by atoms with Gasteiger partial charge in [-0.1, -0.05) is 0 Å². The summed E-state index contributed by atoms with van der Waals surface area (Å²) in [5.74, 6) is -6.31. The molecular weight excluding hydrogens is 554 g/mol. The number of hydrogen-bond acceptors (Lipinski definition) is 5. The van der Waals surface area contributed by atoms with Crippen molar-refractivity contribution in [1.29, 1.82) is 0 Å². The minimum Gasteiger partial charge on any atom is -0.349 e. The van der Waals surface area contributed by atoms with Crippen LogP contribution in [-0.2, 0) is 11.3 Å². The molecule has 0 saturated heterocycles. The summed E-state index contributed by atoms with van der Waals surface area (Å²) >= 11 is 0. The van der Waals surface area contributed by atoms with E-state index in [1.165, 1.54) is 0 Å². The van der Waals surface area contributed by atoms with Crippen molar-refractivity contribution in [1.82, 2.24) is 35.0 Å². The van der Waals surface area contributed by atoms with Crippen molar-refractivity contribution in [3.63, 3.8) is 0 Å². The van der Waals surface area contributed by atoms with Gasteiger partial charge < -0.3 is 10.6 Å². The largest absolute Gasteiger partial charge is 0.349 e. The summed E-state index contributed by atoms with van der Waals surface area (Å²) < 4.78 is 57.6. The second kappa shape index (κ2) is 11.0. The molecule has 2 N–H and O–H groups in total. The number of nitrogens with one attached hydrogen (secondary N) is 2. The quantitative estimate of drug-likeness (QED) is 0.315. The SMILES string of the molecule is CCn1nccc1C(=O)N[C@H](c1cn2ncc([C@H](NC(=O)CC3CC(F)(F)C3)C3CC3)cc2n1)C1CCC(F)(F)CC1. The van der Waals surface area contributed by atoms with Crippen LogP contribution >= 0.6 is 0 Å². The molecule has 3 aromatic rings. The van der Waals surface area contributed by atoms with Gasteiger partial charge in [0.1, 0.15) is 5.69 Å². The first kappa shape index (κ1) is 28.6. The van der Waals surface area contributed by atoms with Crippen molar-refractivity contribution in [3.8, 4) is 0 Å². The van der Waals surface area contributed by atoms with Gasteiger partial charge in [0.05, 0.1) is 30.2 Å². The summed E-state index contributed by atoms with van der Waals surface area (Å²) in [6.07, 6.45) is 6.30. The fourth-order valence-corrected chi connectivity index (χ4v) is 6.38. The van der Waals surface area contributed by atoms with Crippen LogP contribution in [0.3, 0.4) is 0 Å². The van der Waals surface area contributed by atoms with E-state index in [2.05, 4.69) is 20.8 Å². The van der Waals surface area contributed by atoms with Crippen LogP contribution in [0, 0.1) is 17.8 Å². The van der Waals surface area contributed by atoms with Crippen LogP contribution in [0.4, 0.5) is 17.6 Å². The molecule has 3 aromatic heterocycles. The van der Waals surface area contributed by atoms with Crippen LogP contribution in [0.1, 0.15) is 98.5 Å². The average Bonchev–Trinajstić information content (AvgIpc) is 3.49. The summed E-state index contributed by atoms with van der Waals surface area (Å²) in [6, 6.07) is 2.53. The minimum atomic E-state index is -2.72. The lowest BCUT2D eigenvalue weighted by molar-refractivity contribution is -0.134. The number of aromatic nitrogens is 5. The van der Waals surface area contributed by atoms with Crippen LogP contribution in [-0.4, -0.2) is 48.0 Å². The maximum absolute atomic E-state index is 14.0. The smallest absolute Gasteiger partial charge is 0.270 e. The molecule has 0 unspecified atom stereocenters. The van der Waals surface area contributed by atoms with E-state index < -0.39 is 17.9 Å². The predicted octanol–water partition coefficient (Wildman–Crippen LogP) is 5.25. The lowest BCUT2D eigenvalue weighted by Crippen LogP contribution is -2.39. The molecule has 13 heteroatoms. The molecule has 3 saturated carbocycles. The number of rotatable bonds is 10. The topological polar surface area (TPSA) is 106 Å². The van der Waals surface area contributed by atoms with Crippen molar-refractivity contribution in [3.05, 3.63) is 47.7 Å². The van der Waals surface area contributed by atoms with Crippen molar-refractivity contribution in [2.75, 3.05) is 0 Å². The standard InChI is InChI=1S/C29H35F4N7O2/c1-2-39-22(7-10-34-39)27(42)38-26(19-5-8-28(30,31)9-6-19)21-16-40-23(36-21)12-20(15-35-40)25(18-3-4-18)37-24(41)11-17-13-29(32,33)14-17/h7,10,12,15-19,25-26H,2-6,8-9,11,13-14H2,1H3,(H,37,41)(H,38,42)/t25-,26+/m1/s1. The molecule has 0 aliphatic heterocycles. The monoisotopic (exact) mass is 589 g/mol. The molecule has 0 spiro atoms. The van der Waals surface area contributed by atoms with Crippen molar-refractivity contribution < 1.29 is 27.2 Å². The van der Waals surface area contributed by atoms with E-state index in [1.54, 1.807) is 33.9 Å². The van der Waals surface area contributed by atoms with Crippen LogP contribution in [0.15, 0.2) is 30.7 Å². The van der Waals surface area contributed by atoms with Crippen LogP contribution < -0.4 is 10.6 Å². The third-order valence-electron chi connectivity index (χ3n) is 8.86. The highest BCUT2D eigenvalue weighted by molar-refractivity contribution is 5.92. The Labute approximate surface area is 240 Å². The lowest BCUT2D eigenvalue weighted by Gasteiger charge is -2.34. The number of alkyl halides is 4. The normalized spacial score (nSPS) is 21.9. The first-order valence-corrected chi connectivity index (χ1v) is 14.7. The molecule has 3 aliphatic rings. The minimum absolute atomic E-state index is 0.0702. The highest BCUT2D eigenvalue weighted by atomic mass is 19.3. The first-order valence-electron chi connectivity index (χ1n) is 14.7. The van der Waals surface area contributed by atoms with Gasteiger partial charge in [0.25, 0.3) is 5.91 Å². The Morgan fingerprint density at radius 2 is 1.71 bits per heavy atom. The summed E-state index contributed by atoms with van der Waals surface area (Å²) in [5, 5.41) is 14.7. The lowest BCUT2D eigenvalue weighted by atomic mass is 9.79. The predicted molar refractivity (Wildman–Crippen MR) is 144 cm³/mol. The Kier molecular flexibility index (Phi) is 7.46. The number of halogens is 4. The molecule has 0 aromatic carbocycles. The molecule has 6 rings (SSSR count). The Balaban J connectivity index is 1.23. The van der Waals surface area contributed by atoms with E-state index in [0.29, 0.717) is 23.6 Å². The van der Waals surface area contributed by atoms with Crippen molar-refractivity contribution in [2.24, 2.45) is 17.8 Å². The van der Waals surface area contributed by atoms with Gasteiger partial charge in [-0.05, 0) is 68.1 Å². The molecule has 3 heterocycles. The Hall–Kier alpha value is -3.51. The number of hydrogen-bond donors (Lipinski definition) is 2. The molecule has 2 amide bonds. The zero-order valence-corrected chi connectivity index (χ0v) is 23.4. The second-order valence-corrected chi connectivity index (χ2v) is 12.2. The summed E-state index contributed by atoms with van der Waals surface area (Å²) in [4.78, 5) is 30.7. The maximum atomic E-state index is 14.0. The van der Waals surface area contributed by atoms with E-state index in [0.717, 1.165) is 18.4 Å². The second-order valence-electron chi connectivity index (χ2n) is 12.2. The average molecular weight is 590 g/mol. The Morgan fingerprint density at radius 1 is 1.00 bits per heavy atom. The molecule has 42 heavy (non-hydrogen) atoms. The van der Waals surface area contributed by atoms with E-state index >= 15 is 0 Å². The summed E-state index contributed by atoms with van der Waals surface area (Å²) in [5.41, 5.74) is 2.16. The summed E-state index contributed by atoms with van der Waals surface area (Å²) in [6.45, 7) is 2.38. The van der Waals surface area contributed by atoms with E-state index in [1.807, 2.05) is 13.0 Å². The van der Waals surface area contributed by atoms with E-state index in [9.17, 15) is 27.2 Å². The van der Waals surface area contributed by atoms with Gasteiger partial charge in [-0.25, -0.2) is 27.1 Å². The highest BCUT2D eigenvalue weighted by Gasteiger charge is 2.46. The molecule has 3 fully saturated rings. The van der Waals surface area contributed by atoms with Crippen molar-refractivity contribution in [2.45, 2.75) is 95.2 Å². The highest BCUT2D eigenvalue weighted by Crippen LogP contribution is 2.45. The van der Waals surface area contributed by atoms with Gasteiger partial charge in [-0.3, -0.25) is 14.3 Å². The zero-order valence-electron chi connectivity index (χ0n) is 23.4. The molecule has 0 radical (unpaired) electrons. The number of nitrogens with zero attached hydrogens (tertiary/aromatic N) is 5. The molecular formula is C29H35F4N7O2. The van der Waals surface area contributed by atoms with Gasteiger partial charge in [0, 0.05) is 44.8 Å². The van der Waals surface area contributed by atoms with Gasteiger partial charge in [-0.15, -0.1) is 0 Å². The Morgan fingerprint density at radius 3 is 2.38 bits per heavy atom. The molecule has 3 aliphatic carbocycles. The maximum Gasteiger partial charge on any atom is 0.270 e. The molecule has 9 nitrogen and oxygen atoms in total. The Bertz CT molecular complexity index is 1450. The van der Waals surface area contributed by atoms with Crippen molar-refractivity contribution >= 4 is 17.5 Å². The number of carbonyl (C=O) groups excluding carboxylic acids is 2. The van der Waals surface area contributed by atoms with Crippen LogP contribution in [0.2, 0.25) is 0 Å². The number of fused-ring (bicyclic) bond motifs is 1. The van der Waals surface area contributed by atoms with Gasteiger partial charge in [0.2, 0.25) is 17.8 Å². The van der Waals surface area contributed by atoms with E-state index in [-0.39, 0.29) is 80.6 Å². The van der Waals surface area contributed by atoms with Gasteiger partial charge in [0.15, 0.2) is 5.65 Å². The fraction of sp³-hybridized carbons (Fsp3) is 0.621. The third kappa shape index (κ3) is 6.14. The third-order valence-corrected chi connectivity index (χ3v) is 8.86. The number of carbonyl (C=O) groups is 2. The molecule has 2 atom stereocenters. The van der Waals surface area contributed by atoms with E-state index in [4.69, 9.17) is 4.98 Å². The molecule has 226 valence electrons. The number of aryl methyl sites for hydroxylation is 1. The number of amides is 2. The first-order chi connectivity index (χ1) is 20.0. The molecule has 0 bridgehead atoms.